The Morgan fingerprint density at radius 3 is 1.33 bits per heavy atom. The molecule has 0 radical (unpaired) electrons. The lowest BCUT2D eigenvalue weighted by atomic mass is 9.96. The van der Waals surface area contributed by atoms with Crippen molar-refractivity contribution in [1.82, 2.24) is 0 Å². The number of aldehydes is 1. The maximum Gasteiger partial charge on any atom is 0.416 e. The Bertz CT molecular complexity index is 813. The van der Waals surface area contributed by atoms with Crippen LogP contribution in [0.2, 0.25) is 0 Å². The standard InChI is InChI=1S/C17H9F9O/c18-15(19,20)12-3-9(2-11(6-12)8-27)1-10-4-13(16(21,22)23)7-14(5-10)17(24,25)26/h2-8H,1H2. The molecule has 0 N–H and O–H groups in total. The van der Waals surface area contributed by atoms with Gasteiger partial charge >= 0.3 is 18.5 Å². The number of hydrogen-bond donors (Lipinski definition) is 0. The molecule has 0 fully saturated rings. The molecule has 0 aliphatic carbocycles. The molecule has 10 heteroatoms. The maximum absolute atomic E-state index is 12.9. The molecule has 0 bridgehead atoms. The summed E-state index contributed by atoms with van der Waals surface area (Å²) in [5, 5.41) is 0. The predicted octanol–water partition coefficient (Wildman–Crippen LogP) is 6.15. The second-order valence-corrected chi connectivity index (χ2v) is 5.67. The molecule has 0 aliphatic heterocycles. The van der Waals surface area contributed by atoms with E-state index in [0.29, 0.717) is 24.3 Å². The van der Waals surface area contributed by atoms with Gasteiger partial charge < -0.3 is 0 Å². The van der Waals surface area contributed by atoms with Crippen LogP contribution in [-0.2, 0) is 24.9 Å². The van der Waals surface area contributed by atoms with Crippen molar-refractivity contribution in [2.45, 2.75) is 24.9 Å². The topological polar surface area (TPSA) is 17.1 Å². The van der Waals surface area contributed by atoms with Crippen LogP contribution < -0.4 is 0 Å². The molecule has 2 aromatic carbocycles. The third-order valence-electron chi connectivity index (χ3n) is 3.53. The first kappa shape index (κ1) is 20.8. The van der Waals surface area contributed by atoms with Crippen molar-refractivity contribution in [3.8, 4) is 0 Å². The lowest BCUT2D eigenvalue weighted by Crippen LogP contribution is -2.12. The number of carbonyl (C=O) groups excluding carboxylic acids is 1. The number of halogens is 9. The molecule has 1 nitrogen and oxygen atoms in total. The minimum absolute atomic E-state index is 0.0769. The van der Waals surface area contributed by atoms with Gasteiger partial charge in [0.15, 0.2) is 0 Å². The van der Waals surface area contributed by atoms with Gasteiger partial charge in [0.05, 0.1) is 16.7 Å². The third-order valence-corrected chi connectivity index (χ3v) is 3.53. The molecule has 146 valence electrons. The number of benzene rings is 2. The molecule has 2 aromatic rings. The second kappa shape index (κ2) is 6.90. The zero-order chi connectivity index (χ0) is 20.6. The normalized spacial score (nSPS) is 12.9. The van der Waals surface area contributed by atoms with Crippen molar-refractivity contribution in [2.24, 2.45) is 0 Å². The fraction of sp³-hybridized carbons (Fsp3) is 0.235. The molecule has 0 spiro atoms. The monoisotopic (exact) mass is 400 g/mol. The highest BCUT2D eigenvalue weighted by atomic mass is 19.4. The quantitative estimate of drug-likeness (QED) is 0.447. The lowest BCUT2D eigenvalue weighted by Gasteiger charge is -2.15. The summed E-state index contributed by atoms with van der Waals surface area (Å²) in [6, 6.07) is 2.85. The van der Waals surface area contributed by atoms with Crippen LogP contribution in [0.5, 0.6) is 0 Å². The molecular weight excluding hydrogens is 391 g/mol. The molecule has 0 saturated carbocycles. The zero-order valence-electron chi connectivity index (χ0n) is 13.1. The van der Waals surface area contributed by atoms with Crippen LogP contribution in [0.25, 0.3) is 0 Å². The van der Waals surface area contributed by atoms with Gasteiger partial charge in [0.25, 0.3) is 0 Å². The van der Waals surface area contributed by atoms with Gasteiger partial charge in [0.1, 0.15) is 6.29 Å². The fourth-order valence-electron chi connectivity index (χ4n) is 2.41. The van der Waals surface area contributed by atoms with E-state index in [-0.39, 0.29) is 17.9 Å². The van der Waals surface area contributed by atoms with Gasteiger partial charge in [-0.3, -0.25) is 4.79 Å². The van der Waals surface area contributed by atoms with Gasteiger partial charge in [-0.2, -0.15) is 39.5 Å². The Morgan fingerprint density at radius 1 is 0.593 bits per heavy atom. The van der Waals surface area contributed by atoms with Crippen molar-refractivity contribution >= 4 is 6.29 Å². The first-order chi connectivity index (χ1) is 12.2. The number of rotatable bonds is 3. The van der Waals surface area contributed by atoms with Crippen molar-refractivity contribution in [2.75, 3.05) is 0 Å². The molecule has 2 rings (SSSR count). The smallest absolute Gasteiger partial charge is 0.298 e. The van der Waals surface area contributed by atoms with Gasteiger partial charge in [-0.05, 0) is 53.9 Å². The van der Waals surface area contributed by atoms with Crippen LogP contribution in [0.15, 0.2) is 36.4 Å². The summed E-state index contributed by atoms with van der Waals surface area (Å²) in [5.74, 6) is 0. The minimum Gasteiger partial charge on any atom is -0.298 e. The molecule has 27 heavy (non-hydrogen) atoms. The molecular formula is C17H9F9O. The lowest BCUT2D eigenvalue weighted by molar-refractivity contribution is -0.143. The van der Waals surface area contributed by atoms with Crippen molar-refractivity contribution in [1.29, 1.82) is 0 Å². The first-order valence-corrected chi connectivity index (χ1v) is 7.15. The summed E-state index contributed by atoms with van der Waals surface area (Å²) in [6.07, 6.45) is -15.5. The van der Waals surface area contributed by atoms with Crippen molar-refractivity contribution in [3.05, 3.63) is 69.8 Å². The summed E-state index contributed by atoms with van der Waals surface area (Å²) in [7, 11) is 0. The SMILES string of the molecule is O=Cc1cc(Cc2cc(C(F)(F)F)cc(C(F)(F)F)c2)cc(C(F)(F)F)c1. The van der Waals surface area contributed by atoms with Crippen LogP contribution in [0, 0.1) is 0 Å². The maximum atomic E-state index is 12.9. The highest BCUT2D eigenvalue weighted by Gasteiger charge is 2.37. The van der Waals surface area contributed by atoms with E-state index in [1.165, 1.54) is 0 Å². The van der Waals surface area contributed by atoms with Crippen LogP contribution >= 0.6 is 0 Å². The Morgan fingerprint density at radius 2 is 0.963 bits per heavy atom. The van der Waals surface area contributed by atoms with E-state index in [9.17, 15) is 44.3 Å². The molecule has 0 unspecified atom stereocenters. The molecule has 0 heterocycles. The first-order valence-electron chi connectivity index (χ1n) is 7.15. The van der Waals surface area contributed by atoms with E-state index in [2.05, 4.69) is 0 Å². The number of carbonyl (C=O) groups is 1. The summed E-state index contributed by atoms with van der Waals surface area (Å²) in [4.78, 5) is 10.8. The summed E-state index contributed by atoms with van der Waals surface area (Å²) < 4.78 is 116. The molecule has 0 aromatic heterocycles. The second-order valence-electron chi connectivity index (χ2n) is 5.67. The third kappa shape index (κ3) is 5.24. The zero-order valence-corrected chi connectivity index (χ0v) is 13.1. The van der Waals surface area contributed by atoms with Crippen LogP contribution in [-0.4, -0.2) is 6.29 Å². The van der Waals surface area contributed by atoms with E-state index < -0.39 is 52.8 Å². The summed E-state index contributed by atoms with van der Waals surface area (Å²) in [5.41, 5.74) is -5.52. The minimum atomic E-state index is -5.07. The van der Waals surface area contributed by atoms with Gasteiger partial charge in [-0.15, -0.1) is 0 Å². The Balaban J connectivity index is 2.55. The van der Waals surface area contributed by atoms with Gasteiger partial charge in [-0.25, -0.2) is 0 Å². The van der Waals surface area contributed by atoms with E-state index in [0.717, 1.165) is 6.07 Å². The predicted molar refractivity (Wildman–Crippen MR) is 76.1 cm³/mol. The molecule has 0 amide bonds. The Kier molecular flexibility index (Phi) is 5.31. The van der Waals surface area contributed by atoms with Crippen LogP contribution in [0.1, 0.15) is 38.2 Å². The van der Waals surface area contributed by atoms with E-state index in [4.69, 9.17) is 0 Å². The van der Waals surface area contributed by atoms with Crippen LogP contribution in [0.3, 0.4) is 0 Å². The van der Waals surface area contributed by atoms with Gasteiger partial charge in [0.2, 0.25) is 0 Å². The largest absolute Gasteiger partial charge is 0.416 e. The average molecular weight is 400 g/mol. The van der Waals surface area contributed by atoms with E-state index in [1.54, 1.807) is 0 Å². The van der Waals surface area contributed by atoms with E-state index in [1.807, 2.05) is 0 Å². The Hall–Kier alpha value is -2.52. The van der Waals surface area contributed by atoms with Crippen molar-refractivity contribution in [3.63, 3.8) is 0 Å². The fourth-order valence-corrected chi connectivity index (χ4v) is 2.41. The highest BCUT2D eigenvalue weighted by molar-refractivity contribution is 5.75. The number of hydrogen-bond acceptors (Lipinski definition) is 1. The Labute approximate surface area is 146 Å². The average Bonchev–Trinajstić information content (AvgIpc) is 2.51. The number of alkyl halides is 9. The van der Waals surface area contributed by atoms with Crippen molar-refractivity contribution < 1.29 is 44.3 Å². The molecule has 0 atom stereocenters. The summed E-state index contributed by atoms with van der Waals surface area (Å²) >= 11 is 0. The molecule has 0 aliphatic rings. The molecule has 0 saturated heterocycles. The van der Waals surface area contributed by atoms with E-state index >= 15 is 0 Å². The van der Waals surface area contributed by atoms with Gasteiger partial charge in [-0.1, -0.05) is 0 Å². The van der Waals surface area contributed by atoms with Crippen LogP contribution in [0.4, 0.5) is 39.5 Å². The highest BCUT2D eigenvalue weighted by Crippen LogP contribution is 2.37. The van der Waals surface area contributed by atoms with Gasteiger partial charge in [0, 0.05) is 5.56 Å². The summed E-state index contributed by atoms with van der Waals surface area (Å²) in [6.45, 7) is 0.